The summed E-state index contributed by atoms with van der Waals surface area (Å²) in [6.45, 7) is 2.18. The summed E-state index contributed by atoms with van der Waals surface area (Å²) < 4.78 is 0. The van der Waals surface area contributed by atoms with E-state index in [0.29, 0.717) is 5.92 Å². The van der Waals surface area contributed by atoms with Crippen molar-refractivity contribution < 1.29 is 19.8 Å². The highest BCUT2D eigenvalue weighted by atomic mass is 16.4. The maximum atomic E-state index is 11.8. The molecule has 0 saturated heterocycles. The van der Waals surface area contributed by atoms with Crippen LogP contribution in [0.2, 0.25) is 0 Å². The van der Waals surface area contributed by atoms with Crippen LogP contribution in [0.1, 0.15) is 96.8 Å². The summed E-state index contributed by atoms with van der Waals surface area (Å²) in [5, 5.41) is 18.3. The highest BCUT2D eigenvalue weighted by molar-refractivity contribution is 5.76. The summed E-state index contributed by atoms with van der Waals surface area (Å²) in [6.07, 6.45) is 13.6. The SMILES string of the molecule is CCCCCC1CCC1(CCCCCCCCC(=O)O)C(=O)O. The number of hydrogen-bond acceptors (Lipinski definition) is 2. The molecular formula is C19H34O4. The number of carboxylic acid groups (broad SMARTS) is 2. The molecule has 2 N–H and O–H groups in total. The molecular weight excluding hydrogens is 292 g/mol. The fraction of sp³-hybridized carbons (Fsp3) is 0.895. The van der Waals surface area contributed by atoms with E-state index in [1.165, 1.54) is 19.3 Å². The van der Waals surface area contributed by atoms with Crippen molar-refractivity contribution in [3.8, 4) is 0 Å². The van der Waals surface area contributed by atoms with Gasteiger partial charge in [0.25, 0.3) is 0 Å². The molecule has 0 radical (unpaired) electrons. The van der Waals surface area contributed by atoms with Crippen LogP contribution in [-0.2, 0) is 9.59 Å². The Labute approximate surface area is 140 Å². The summed E-state index contributed by atoms with van der Waals surface area (Å²) in [5.74, 6) is -0.902. The Balaban J connectivity index is 2.19. The quantitative estimate of drug-likeness (QED) is 0.427. The van der Waals surface area contributed by atoms with E-state index in [2.05, 4.69) is 6.92 Å². The second-order valence-corrected chi connectivity index (χ2v) is 7.21. The first-order chi connectivity index (χ1) is 11.0. The van der Waals surface area contributed by atoms with Crippen molar-refractivity contribution in [3.63, 3.8) is 0 Å². The summed E-state index contributed by atoms with van der Waals surface area (Å²) in [6, 6.07) is 0. The molecule has 0 aliphatic heterocycles. The van der Waals surface area contributed by atoms with Gasteiger partial charge in [0.15, 0.2) is 0 Å². The Kier molecular flexibility index (Phi) is 9.27. The molecule has 134 valence electrons. The maximum absolute atomic E-state index is 11.8. The van der Waals surface area contributed by atoms with Crippen LogP contribution in [0.4, 0.5) is 0 Å². The number of aliphatic carboxylic acids is 2. The first-order valence-electron chi connectivity index (χ1n) is 9.48. The number of hydrogen-bond donors (Lipinski definition) is 2. The molecule has 2 unspecified atom stereocenters. The summed E-state index contributed by atoms with van der Waals surface area (Å²) in [7, 11) is 0. The van der Waals surface area contributed by atoms with E-state index in [0.717, 1.165) is 64.2 Å². The van der Waals surface area contributed by atoms with Gasteiger partial charge in [0.1, 0.15) is 0 Å². The average Bonchev–Trinajstić information content (AvgIpc) is 2.48. The molecule has 1 aliphatic carbocycles. The lowest BCUT2D eigenvalue weighted by Gasteiger charge is -2.47. The molecule has 0 aromatic carbocycles. The zero-order valence-corrected chi connectivity index (χ0v) is 14.7. The molecule has 0 heterocycles. The van der Waals surface area contributed by atoms with E-state index in [9.17, 15) is 14.7 Å². The largest absolute Gasteiger partial charge is 0.481 e. The van der Waals surface area contributed by atoms with Crippen LogP contribution in [-0.4, -0.2) is 22.2 Å². The van der Waals surface area contributed by atoms with Crippen molar-refractivity contribution >= 4 is 11.9 Å². The lowest BCUT2D eigenvalue weighted by molar-refractivity contribution is -0.163. The van der Waals surface area contributed by atoms with E-state index in [-0.39, 0.29) is 6.42 Å². The van der Waals surface area contributed by atoms with Gasteiger partial charge >= 0.3 is 11.9 Å². The first-order valence-corrected chi connectivity index (χ1v) is 9.48. The predicted molar refractivity (Wildman–Crippen MR) is 91.5 cm³/mol. The number of carbonyl (C=O) groups is 2. The van der Waals surface area contributed by atoms with E-state index in [1.54, 1.807) is 0 Å². The molecule has 4 nitrogen and oxygen atoms in total. The molecule has 1 rings (SSSR count). The minimum Gasteiger partial charge on any atom is -0.481 e. The maximum Gasteiger partial charge on any atom is 0.309 e. The van der Waals surface area contributed by atoms with E-state index < -0.39 is 17.4 Å². The predicted octanol–water partition coefficient (Wildman–Crippen LogP) is 5.25. The van der Waals surface area contributed by atoms with Crippen molar-refractivity contribution in [2.75, 3.05) is 0 Å². The average molecular weight is 326 g/mol. The van der Waals surface area contributed by atoms with E-state index in [1.807, 2.05) is 0 Å². The molecule has 1 saturated carbocycles. The van der Waals surface area contributed by atoms with Gasteiger partial charge in [0, 0.05) is 6.42 Å². The van der Waals surface area contributed by atoms with Crippen molar-refractivity contribution in [1.29, 1.82) is 0 Å². The van der Waals surface area contributed by atoms with Gasteiger partial charge in [-0.2, -0.15) is 0 Å². The normalized spacial score (nSPS) is 23.4. The van der Waals surface area contributed by atoms with Crippen molar-refractivity contribution in [2.45, 2.75) is 96.8 Å². The Morgan fingerprint density at radius 2 is 1.61 bits per heavy atom. The van der Waals surface area contributed by atoms with Crippen LogP contribution in [0, 0.1) is 11.3 Å². The molecule has 2 atom stereocenters. The van der Waals surface area contributed by atoms with Crippen LogP contribution in [0.15, 0.2) is 0 Å². The van der Waals surface area contributed by atoms with Gasteiger partial charge in [0.2, 0.25) is 0 Å². The van der Waals surface area contributed by atoms with Gasteiger partial charge in [0.05, 0.1) is 5.41 Å². The fourth-order valence-electron chi connectivity index (χ4n) is 3.90. The molecule has 4 heteroatoms. The summed E-state index contributed by atoms with van der Waals surface area (Å²) in [5.41, 5.74) is -0.433. The monoisotopic (exact) mass is 326 g/mol. The highest BCUT2D eigenvalue weighted by Gasteiger charge is 2.51. The summed E-state index contributed by atoms with van der Waals surface area (Å²) >= 11 is 0. The van der Waals surface area contributed by atoms with Crippen LogP contribution < -0.4 is 0 Å². The first kappa shape index (κ1) is 20.0. The summed E-state index contributed by atoms with van der Waals surface area (Å²) in [4.78, 5) is 22.2. The van der Waals surface area contributed by atoms with Crippen LogP contribution in [0.5, 0.6) is 0 Å². The second kappa shape index (κ2) is 10.7. The van der Waals surface area contributed by atoms with Gasteiger partial charge < -0.3 is 10.2 Å². The zero-order valence-electron chi connectivity index (χ0n) is 14.7. The molecule has 0 aromatic rings. The molecule has 23 heavy (non-hydrogen) atoms. The Morgan fingerprint density at radius 3 is 2.13 bits per heavy atom. The molecule has 1 fully saturated rings. The standard InChI is InChI=1S/C19H34O4/c1-2-3-8-11-16-13-15-19(16,18(22)23)14-10-7-5-4-6-9-12-17(20)21/h16H,2-15H2,1H3,(H,20,21)(H,22,23). The number of rotatable bonds is 14. The minimum atomic E-state index is -0.715. The van der Waals surface area contributed by atoms with Crippen LogP contribution >= 0.6 is 0 Å². The second-order valence-electron chi connectivity index (χ2n) is 7.21. The van der Waals surface area contributed by atoms with Gasteiger partial charge in [-0.25, -0.2) is 0 Å². The highest BCUT2D eigenvalue weighted by Crippen LogP contribution is 2.52. The number of carboxylic acids is 2. The Bertz CT molecular complexity index is 366. The van der Waals surface area contributed by atoms with Gasteiger partial charge in [-0.3, -0.25) is 9.59 Å². The smallest absolute Gasteiger partial charge is 0.309 e. The molecule has 0 bridgehead atoms. The molecule has 0 spiro atoms. The van der Waals surface area contributed by atoms with E-state index >= 15 is 0 Å². The van der Waals surface area contributed by atoms with Crippen LogP contribution in [0.3, 0.4) is 0 Å². The minimum absolute atomic E-state index is 0.265. The molecule has 1 aliphatic rings. The Hall–Kier alpha value is -1.06. The third-order valence-electron chi connectivity index (χ3n) is 5.57. The Morgan fingerprint density at radius 1 is 0.957 bits per heavy atom. The van der Waals surface area contributed by atoms with Gasteiger partial charge in [-0.05, 0) is 38.0 Å². The van der Waals surface area contributed by atoms with Gasteiger partial charge in [-0.15, -0.1) is 0 Å². The third kappa shape index (κ3) is 6.52. The zero-order chi connectivity index (χ0) is 17.1. The number of unbranched alkanes of at least 4 members (excludes halogenated alkanes) is 7. The fourth-order valence-corrected chi connectivity index (χ4v) is 3.90. The van der Waals surface area contributed by atoms with Crippen molar-refractivity contribution in [2.24, 2.45) is 11.3 Å². The topological polar surface area (TPSA) is 74.6 Å². The van der Waals surface area contributed by atoms with Crippen molar-refractivity contribution in [3.05, 3.63) is 0 Å². The molecule has 0 amide bonds. The van der Waals surface area contributed by atoms with Crippen LogP contribution in [0.25, 0.3) is 0 Å². The van der Waals surface area contributed by atoms with Crippen molar-refractivity contribution in [1.82, 2.24) is 0 Å². The van der Waals surface area contributed by atoms with Gasteiger partial charge in [-0.1, -0.05) is 58.3 Å². The van der Waals surface area contributed by atoms with E-state index in [4.69, 9.17) is 5.11 Å². The lowest BCUT2D eigenvalue weighted by Crippen LogP contribution is -2.46. The molecule has 0 aromatic heterocycles. The third-order valence-corrected chi connectivity index (χ3v) is 5.57. The lowest BCUT2D eigenvalue weighted by atomic mass is 9.56.